The molecule has 0 spiro atoms. The van der Waals surface area contributed by atoms with Crippen LogP contribution in [0, 0.1) is 0 Å². The zero-order chi connectivity index (χ0) is 27.7. The first-order valence-electron chi connectivity index (χ1n) is 12.8. The number of nitrogens with zero attached hydrogens (tertiary/aromatic N) is 2. The van der Waals surface area contributed by atoms with Gasteiger partial charge in [0.15, 0.2) is 0 Å². The molecule has 206 valence electrons. The number of anilines is 1. The molecule has 0 aliphatic carbocycles. The molecule has 2 heterocycles. The third-order valence-electron chi connectivity index (χ3n) is 6.81. The molecule has 1 N–H and O–H groups in total. The van der Waals surface area contributed by atoms with Gasteiger partial charge in [0.25, 0.3) is 0 Å². The number of carbonyl (C=O) groups excluding carboxylic acids is 2. The van der Waals surface area contributed by atoms with Gasteiger partial charge in [0, 0.05) is 36.9 Å². The zero-order valence-electron chi connectivity index (χ0n) is 21.8. The average Bonchev–Trinajstić information content (AvgIpc) is 2.83. The fourth-order valence-electron chi connectivity index (χ4n) is 5.00. The summed E-state index contributed by atoms with van der Waals surface area (Å²) in [5.41, 5.74) is 1.03. The summed E-state index contributed by atoms with van der Waals surface area (Å²) in [7, 11) is 0. The van der Waals surface area contributed by atoms with E-state index in [1.165, 1.54) is 11.0 Å². The summed E-state index contributed by atoms with van der Waals surface area (Å²) in [6.45, 7) is 6.98. The van der Waals surface area contributed by atoms with E-state index in [2.05, 4.69) is 5.32 Å². The minimum absolute atomic E-state index is 0.183. The van der Waals surface area contributed by atoms with E-state index in [-0.39, 0.29) is 12.5 Å². The van der Waals surface area contributed by atoms with Gasteiger partial charge in [-0.05, 0) is 81.3 Å². The SMILES string of the molecule is CC(C)(C)OC(=O)N1CCCC[C@@H]1C(=O)Nc1ccc(CN2CCc3cccc(C(F)(F)F)c3C2)c(Cl)c1. The third-order valence-corrected chi connectivity index (χ3v) is 7.16. The molecule has 0 saturated carbocycles. The van der Waals surface area contributed by atoms with E-state index in [1.54, 1.807) is 45.0 Å². The van der Waals surface area contributed by atoms with E-state index in [9.17, 15) is 22.8 Å². The van der Waals surface area contributed by atoms with Crippen LogP contribution in [0.1, 0.15) is 62.3 Å². The van der Waals surface area contributed by atoms with Crippen molar-refractivity contribution in [2.24, 2.45) is 0 Å². The second kappa shape index (κ2) is 11.1. The number of hydrogen-bond acceptors (Lipinski definition) is 4. The van der Waals surface area contributed by atoms with Crippen molar-refractivity contribution in [2.45, 2.75) is 77.4 Å². The van der Waals surface area contributed by atoms with Crippen LogP contribution in [-0.4, -0.2) is 46.5 Å². The first-order valence-corrected chi connectivity index (χ1v) is 13.2. The summed E-state index contributed by atoms with van der Waals surface area (Å²) in [5.74, 6) is -0.313. The number of likely N-dealkylation sites (tertiary alicyclic amines) is 1. The van der Waals surface area contributed by atoms with Gasteiger partial charge in [0.2, 0.25) is 5.91 Å². The lowest BCUT2D eigenvalue weighted by Gasteiger charge is -2.35. The number of carbonyl (C=O) groups is 2. The van der Waals surface area contributed by atoms with Gasteiger partial charge < -0.3 is 10.1 Å². The van der Waals surface area contributed by atoms with E-state index in [0.29, 0.717) is 48.7 Å². The Morgan fingerprint density at radius 3 is 2.55 bits per heavy atom. The highest BCUT2D eigenvalue weighted by Crippen LogP contribution is 2.36. The molecule has 2 amide bonds. The summed E-state index contributed by atoms with van der Waals surface area (Å²) in [4.78, 5) is 29.2. The van der Waals surface area contributed by atoms with E-state index < -0.39 is 29.5 Å². The maximum absolute atomic E-state index is 13.5. The smallest absolute Gasteiger partial charge is 0.416 e. The predicted octanol–water partition coefficient (Wildman–Crippen LogP) is 6.65. The Bertz CT molecular complexity index is 1200. The van der Waals surface area contributed by atoms with Gasteiger partial charge >= 0.3 is 12.3 Å². The fourth-order valence-corrected chi connectivity index (χ4v) is 5.24. The normalized spacial score (nSPS) is 18.6. The number of benzene rings is 2. The van der Waals surface area contributed by atoms with Gasteiger partial charge in [-0.2, -0.15) is 13.2 Å². The van der Waals surface area contributed by atoms with Crippen molar-refractivity contribution in [1.29, 1.82) is 0 Å². The summed E-state index contributed by atoms with van der Waals surface area (Å²) >= 11 is 6.53. The quantitative estimate of drug-likeness (QED) is 0.462. The van der Waals surface area contributed by atoms with Crippen LogP contribution in [0.5, 0.6) is 0 Å². The van der Waals surface area contributed by atoms with Crippen molar-refractivity contribution in [1.82, 2.24) is 9.80 Å². The molecule has 2 aromatic carbocycles. The Morgan fingerprint density at radius 1 is 1.11 bits per heavy atom. The highest BCUT2D eigenvalue weighted by molar-refractivity contribution is 6.31. The van der Waals surface area contributed by atoms with Gasteiger partial charge in [-0.15, -0.1) is 0 Å². The highest BCUT2D eigenvalue weighted by Gasteiger charge is 2.36. The molecule has 4 rings (SSSR count). The first kappa shape index (κ1) is 28.2. The minimum atomic E-state index is -4.40. The number of fused-ring (bicyclic) bond motifs is 1. The van der Waals surface area contributed by atoms with Gasteiger partial charge in [0.1, 0.15) is 11.6 Å². The second-order valence-electron chi connectivity index (χ2n) is 10.9. The molecule has 1 atom stereocenters. The fraction of sp³-hybridized carbons (Fsp3) is 0.500. The Morgan fingerprint density at radius 2 is 1.87 bits per heavy atom. The second-order valence-corrected chi connectivity index (χ2v) is 11.3. The molecule has 0 bridgehead atoms. The number of amides is 2. The van der Waals surface area contributed by atoms with Crippen molar-refractivity contribution >= 4 is 29.3 Å². The van der Waals surface area contributed by atoms with Gasteiger partial charge in [-0.1, -0.05) is 29.8 Å². The van der Waals surface area contributed by atoms with Crippen LogP contribution >= 0.6 is 11.6 Å². The van der Waals surface area contributed by atoms with Crippen LogP contribution in [0.15, 0.2) is 36.4 Å². The lowest BCUT2D eigenvalue weighted by Crippen LogP contribution is -2.51. The van der Waals surface area contributed by atoms with Crippen molar-refractivity contribution in [2.75, 3.05) is 18.4 Å². The molecule has 10 heteroatoms. The number of rotatable bonds is 4. The average molecular weight is 552 g/mol. The highest BCUT2D eigenvalue weighted by atomic mass is 35.5. The standard InChI is InChI=1S/C28H33ClF3N3O3/c1-27(2,3)38-26(37)35-13-5-4-9-24(35)25(36)33-20-11-10-19(23(29)15-20)16-34-14-12-18-7-6-8-22(21(18)17-34)28(30,31)32/h6-8,10-11,15,24H,4-5,9,12-14,16-17H2,1-3H3,(H,33,36)/t24-/m1/s1. The molecule has 2 aliphatic rings. The number of alkyl halides is 3. The van der Waals surface area contributed by atoms with Crippen LogP contribution in [0.3, 0.4) is 0 Å². The summed E-state index contributed by atoms with van der Waals surface area (Å²) < 4.78 is 46.0. The molecule has 38 heavy (non-hydrogen) atoms. The summed E-state index contributed by atoms with van der Waals surface area (Å²) in [6.07, 6.45) is -2.22. The molecule has 2 aliphatic heterocycles. The Labute approximate surface area is 226 Å². The van der Waals surface area contributed by atoms with E-state index in [0.717, 1.165) is 30.0 Å². The van der Waals surface area contributed by atoms with Crippen molar-refractivity contribution in [3.05, 3.63) is 63.7 Å². The van der Waals surface area contributed by atoms with E-state index >= 15 is 0 Å². The lowest BCUT2D eigenvalue weighted by atomic mass is 9.94. The molecular formula is C28H33ClF3N3O3. The van der Waals surface area contributed by atoms with Crippen molar-refractivity contribution < 1.29 is 27.5 Å². The van der Waals surface area contributed by atoms with Crippen LogP contribution < -0.4 is 5.32 Å². The molecule has 2 aromatic rings. The topological polar surface area (TPSA) is 61.9 Å². The van der Waals surface area contributed by atoms with Crippen LogP contribution in [0.25, 0.3) is 0 Å². The van der Waals surface area contributed by atoms with Crippen molar-refractivity contribution in [3.63, 3.8) is 0 Å². The van der Waals surface area contributed by atoms with E-state index in [1.807, 2.05) is 4.90 Å². The van der Waals surface area contributed by atoms with Gasteiger partial charge in [-0.25, -0.2) is 4.79 Å². The Kier molecular flexibility index (Phi) is 8.28. The maximum atomic E-state index is 13.5. The van der Waals surface area contributed by atoms with Crippen LogP contribution in [-0.2, 0) is 35.2 Å². The Balaban J connectivity index is 1.42. The molecule has 1 fully saturated rings. The van der Waals surface area contributed by atoms with Crippen LogP contribution in [0.2, 0.25) is 5.02 Å². The molecule has 6 nitrogen and oxygen atoms in total. The maximum Gasteiger partial charge on any atom is 0.416 e. The van der Waals surface area contributed by atoms with Gasteiger partial charge in [0.05, 0.1) is 5.56 Å². The summed E-state index contributed by atoms with van der Waals surface area (Å²) in [5, 5.41) is 3.26. The number of halogens is 4. The lowest BCUT2D eigenvalue weighted by molar-refractivity contribution is -0.138. The third kappa shape index (κ3) is 6.80. The van der Waals surface area contributed by atoms with Crippen molar-refractivity contribution in [3.8, 4) is 0 Å². The molecule has 0 radical (unpaired) electrons. The molecule has 0 unspecified atom stereocenters. The largest absolute Gasteiger partial charge is 0.444 e. The summed E-state index contributed by atoms with van der Waals surface area (Å²) in [6, 6.07) is 8.82. The van der Waals surface area contributed by atoms with Gasteiger partial charge in [-0.3, -0.25) is 14.6 Å². The molecule has 0 aromatic heterocycles. The Hall–Kier alpha value is -2.78. The number of piperidine rings is 1. The molecule has 1 saturated heterocycles. The first-order chi connectivity index (χ1) is 17.8. The predicted molar refractivity (Wildman–Crippen MR) is 140 cm³/mol. The van der Waals surface area contributed by atoms with E-state index in [4.69, 9.17) is 16.3 Å². The number of nitrogens with one attached hydrogen (secondary N) is 1. The number of hydrogen-bond donors (Lipinski definition) is 1. The molecular weight excluding hydrogens is 519 g/mol. The number of ether oxygens (including phenoxy) is 1. The van der Waals surface area contributed by atoms with Crippen LogP contribution in [0.4, 0.5) is 23.7 Å². The minimum Gasteiger partial charge on any atom is -0.444 e. The monoisotopic (exact) mass is 551 g/mol. The zero-order valence-corrected chi connectivity index (χ0v) is 22.6.